The Morgan fingerprint density at radius 2 is 1.82 bits per heavy atom. The van der Waals surface area contributed by atoms with Gasteiger partial charge in [0.25, 0.3) is 0 Å². The van der Waals surface area contributed by atoms with Crippen molar-refractivity contribution in [1.29, 1.82) is 0 Å². The molecule has 152 valence electrons. The first-order valence-corrected chi connectivity index (χ1v) is 9.74. The van der Waals surface area contributed by atoms with E-state index in [-0.39, 0.29) is 48.1 Å². The highest BCUT2D eigenvalue weighted by Crippen LogP contribution is 2.68. The van der Waals surface area contributed by atoms with Crippen LogP contribution in [0.25, 0.3) is 0 Å². The molecule has 7 heteroatoms. The monoisotopic (exact) mass is 387 g/mol. The van der Waals surface area contributed by atoms with Crippen molar-refractivity contribution < 1.29 is 19.5 Å². The molecule has 2 amide bonds. The fraction of sp³-hybridized carbons (Fsp3) is 0.619. The van der Waals surface area contributed by atoms with Gasteiger partial charge in [0.1, 0.15) is 0 Å². The van der Waals surface area contributed by atoms with E-state index in [1.165, 1.54) is 0 Å². The van der Waals surface area contributed by atoms with Gasteiger partial charge in [-0.2, -0.15) is 0 Å². The maximum atomic E-state index is 13.1. The highest BCUT2D eigenvalue weighted by molar-refractivity contribution is 5.87. The van der Waals surface area contributed by atoms with E-state index in [0.29, 0.717) is 6.54 Å². The van der Waals surface area contributed by atoms with Gasteiger partial charge in [0.15, 0.2) is 0 Å². The average Bonchev–Trinajstić information content (AvgIpc) is 3.08. The van der Waals surface area contributed by atoms with Gasteiger partial charge in [0, 0.05) is 37.9 Å². The van der Waals surface area contributed by atoms with Crippen molar-refractivity contribution in [2.45, 2.75) is 40.7 Å². The van der Waals surface area contributed by atoms with Crippen molar-refractivity contribution in [2.24, 2.45) is 28.6 Å². The molecule has 0 spiro atoms. The summed E-state index contributed by atoms with van der Waals surface area (Å²) in [7, 11) is 0. The Morgan fingerprint density at radius 3 is 2.36 bits per heavy atom. The molecule has 0 bridgehead atoms. The Morgan fingerprint density at radius 1 is 1.18 bits per heavy atom. The number of piperidine rings is 1. The standard InChI is InChI=1S/C21H29N3O4/c1-20(2)16(21(20,3)4)18(26)24-11-14(8-15(12-24)19(27)28)17(25)23-10-13-6-5-7-22-9-13/h5-7,9,14-16H,8,10-12H2,1-4H3,(H,23,25)(H,27,28)/t14-,15-/m0/s1. The van der Waals surface area contributed by atoms with Crippen LogP contribution in [0.3, 0.4) is 0 Å². The molecule has 2 N–H and O–H groups in total. The highest BCUT2D eigenvalue weighted by atomic mass is 16.4. The lowest BCUT2D eigenvalue weighted by atomic mass is 9.88. The normalized spacial score (nSPS) is 25.8. The quantitative estimate of drug-likeness (QED) is 0.804. The number of carboxylic acids is 1. The molecule has 1 aliphatic heterocycles. The van der Waals surface area contributed by atoms with Crippen LogP contribution in [-0.2, 0) is 20.9 Å². The SMILES string of the molecule is CC1(C)C(C(=O)N2C[C@@H](C(=O)O)C[C@H](C(=O)NCc3cccnc3)C2)C1(C)C. The molecule has 0 radical (unpaired) electrons. The molecule has 1 saturated carbocycles. The molecule has 1 aliphatic carbocycles. The van der Waals surface area contributed by atoms with E-state index in [9.17, 15) is 19.5 Å². The minimum Gasteiger partial charge on any atom is -0.481 e. The Bertz CT molecular complexity index is 761. The topological polar surface area (TPSA) is 99.6 Å². The van der Waals surface area contributed by atoms with Crippen molar-refractivity contribution in [3.8, 4) is 0 Å². The van der Waals surface area contributed by atoms with E-state index in [2.05, 4.69) is 38.0 Å². The summed E-state index contributed by atoms with van der Waals surface area (Å²) in [6.45, 7) is 9.02. The fourth-order valence-corrected chi connectivity index (χ4v) is 4.48. The summed E-state index contributed by atoms with van der Waals surface area (Å²) >= 11 is 0. The number of nitrogens with zero attached hydrogens (tertiary/aromatic N) is 2. The van der Waals surface area contributed by atoms with Crippen molar-refractivity contribution in [3.05, 3.63) is 30.1 Å². The second-order valence-corrected chi connectivity index (χ2v) is 9.17. The molecule has 2 aliphatic rings. The number of carbonyl (C=O) groups is 3. The molecule has 7 nitrogen and oxygen atoms in total. The van der Waals surface area contributed by atoms with E-state index in [1.807, 2.05) is 6.07 Å². The highest BCUT2D eigenvalue weighted by Gasteiger charge is 2.69. The maximum Gasteiger partial charge on any atom is 0.308 e. The Balaban J connectivity index is 1.69. The Kier molecular flexibility index (Phi) is 5.21. The average molecular weight is 387 g/mol. The molecular formula is C21H29N3O4. The minimum absolute atomic E-state index is 0.0361. The van der Waals surface area contributed by atoms with Crippen LogP contribution < -0.4 is 5.32 Å². The third-order valence-corrected chi connectivity index (χ3v) is 6.94. The van der Waals surface area contributed by atoms with Crippen LogP contribution in [-0.4, -0.2) is 45.9 Å². The van der Waals surface area contributed by atoms with Gasteiger partial charge < -0.3 is 15.3 Å². The van der Waals surface area contributed by atoms with Crippen LogP contribution in [0.5, 0.6) is 0 Å². The van der Waals surface area contributed by atoms with Crippen LogP contribution in [0, 0.1) is 28.6 Å². The molecule has 0 aromatic carbocycles. The van der Waals surface area contributed by atoms with Crippen molar-refractivity contribution in [3.63, 3.8) is 0 Å². The largest absolute Gasteiger partial charge is 0.481 e. The van der Waals surface area contributed by atoms with Gasteiger partial charge in [0.05, 0.1) is 11.8 Å². The third-order valence-electron chi connectivity index (χ3n) is 6.94. The van der Waals surface area contributed by atoms with Crippen molar-refractivity contribution in [1.82, 2.24) is 15.2 Å². The number of pyridine rings is 1. The summed E-state index contributed by atoms with van der Waals surface area (Å²) in [4.78, 5) is 43.0. The second kappa shape index (κ2) is 7.18. The van der Waals surface area contributed by atoms with E-state index in [1.54, 1.807) is 23.4 Å². The zero-order valence-corrected chi connectivity index (χ0v) is 16.9. The molecule has 1 aromatic rings. The van der Waals surface area contributed by atoms with Gasteiger partial charge in [-0.05, 0) is 28.9 Å². The molecule has 2 atom stereocenters. The smallest absolute Gasteiger partial charge is 0.308 e. The molecular weight excluding hydrogens is 358 g/mol. The summed E-state index contributed by atoms with van der Waals surface area (Å²) in [5.41, 5.74) is 0.618. The Hall–Kier alpha value is -2.44. The summed E-state index contributed by atoms with van der Waals surface area (Å²) in [5.74, 6) is -2.62. The molecule has 28 heavy (non-hydrogen) atoms. The number of nitrogens with one attached hydrogen (secondary N) is 1. The fourth-order valence-electron chi connectivity index (χ4n) is 4.48. The molecule has 2 heterocycles. The van der Waals surface area contributed by atoms with Gasteiger partial charge in [-0.25, -0.2) is 0 Å². The number of aromatic nitrogens is 1. The van der Waals surface area contributed by atoms with E-state index >= 15 is 0 Å². The van der Waals surface area contributed by atoms with Crippen LogP contribution in [0.1, 0.15) is 39.7 Å². The predicted octanol–water partition coefficient (Wildman–Crippen LogP) is 1.93. The molecule has 0 unspecified atom stereocenters. The lowest BCUT2D eigenvalue weighted by Gasteiger charge is -2.36. The summed E-state index contributed by atoms with van der Waals surface area (Å²) in [6.07, 6.45) is 3.58. The Labute approximate surface area is 165 Å². The number of rotatable bonds is 5. The van der Waals surface area contributed by atoms with Gasteiger partial charge in [0.2, 0.25) is 11.8 Å². The van der Waals surface area contributed by atoms with E-state index < -0.39 is 17.8 Å². The van der Waals surface area contributed by atoms with Crippen molar-refractivity contribution in [2.75, 3.05) is 13.1 Å². The van der Waals surface area contributed by atoms with Gasteiger partial charge in [-0.1, -0.05) is 33.8 Å². The first-order valence-electron chi connectivity index (χ1n) is 9.74. The van der Waals surface area contributed by atoms with Gasteiger partial charge >= 0.3 is 5.97 Å². The lowest BCUT2D eigenvalue weighted by molar-refractivity contribution is -0.149. The van der Waals surface area contributed by atoms with Crippen LogP contribution >= 0.6 is 0 Å². The summed E-state index contributed by atoms with van der Waals surface area (Å²) in [5, 5.41) is 12.4. The first-order chi connectivity index (χ1) is 13.1. The zero-order valence-electron chi connectivity index (χ0n) is 16.9. The second-order valence-electron chi connectivity index (χ2n) is 9.17. The molecule has 2 fully saturated rings. The number of amides is 2. The van der Waals surface area contributed by atoms with Crippen molar-refractivity contribution >= 4 is 17.8 Å². The first kappa shape index (κ1) is 20.3. The predicted molar refractivity (Wildman–Crippen MR) is 103 cm³/mol. The van der Waals surface area contributed by atoms with Crippen LogP contribution in [0.4, 0.5) is 0 Å². The number of hydrogen-bond acceptors (Lipinski definition) is 4. The molecule has 1 saturated heterocycles. The van der Waals surface area contributed by atoms with Crippen LogP contribution in [0.15, 0.2) is 24.5 Å². The number of hydrogen-bond donors (Lipinski definition) is 2. The number of aliphatic carboxylic acids is 1. The summed E-state index contributed by atoms with van der Waals surface area (Å²) < 4.78 is 0. The minimum atomic E-state index is -0.961. The third kappa shape index (κ3) is 3.62. The maximum absolute atomic E-state index is 13.1. The molecule has 3 rings (SSSR count). The number of carbonyl (C=O) groups excluding carboxylic acids is 2. The van der Waals surface area contributed by atoms with E-state index in [0.717, 1.165) is 5.56 Å². The van der Waals surface area contributed by atoms with Gasteiger partial charge in [-0.15, -0.1) is 0 Å². The van der Waals surface area contributed by atoms with Gasteiger partial charge in [-0.3, -0.25) is 19.4 Å². The lowest BCUT2D eigenvalue weighted by Crippen LogP contribution is -2.51. The van der Waals surface area contributed by atoms with E-state index in [4.69, 9.17) is 0 Å². The zero-order chi connectivity index (χ0) is 20.7. The summed E-state index contributed by atoms with van der Waals surface area (Å²) in [6, 6.07) is 3.66. The molecule has 1 aromatic heterocycles. The number of carboxylic acid groups (broad SMARTS) is 1. The van der Waals surface area contributed by atoms with Crippen LogP contribution in [0.2, 0.25) is 0 Å². The number of likely N-dealkylation sites (tertiary alicyclic amines) is 1.